The molecule has 0 aromatic heterocycles. The van der Waals surface area contributed by atoms with Crippen molar-refractivity contribution < 1.29 is 14.3 Å². The van der Waals surface area contributed by atoms with Gasteiger partial charge in [-0.2, -0.15) is 0 Å². The summed E-state index contributed by atoms with van der Waals surface area (Å²) >= 11 is 0. The summed E-state index contributed by atoms with van der Waals surface area (Å²) in [7, 11) is 0. The van der Waals surface area contributed by atoms with E-state index in [0.29, 0.717) is 12.4 Å². The molecule has 1 aliphatic carbocycles. The third kappa shape index (κ3) is 3.86. The Balaban J connectivity index is 1.98. The molecule has 0 aliphatic heterocycles. The quantitative estimate of drug-likeness (QED) is 0.583. The predicted octanol–water partition coefficient (Wildman–Crippen LogP) is 4.82. The molecule has 0 saturated carbocycles. The summed E-state index contributed by atoms with van der Waals surface area (Å²) in [5.74, 6) is 1.36. The van der Waals surface area contributed by atoms with Crippen LogP contribution in [0.25, 0.3) is 5.57 Å². The zero-order valence-electron chi connectivity index (χ0n) is 12.2. The van der Waals surface area contributed by atoms with Crippen LogP contribution in [0.1, 0.15) is 45.1 Å². The first-order valence-electron chi connectivity index (χ1n) is 7.37. The standard InChI is InChI=1S/C17H22O3/c1-3-13-5-7-14(8-6-13)15-9-11-16(12-10-15)20-17(18)19-4-2/h7,9-13H,3-6,8H2,1-2H3. The molecule has 0 N–H and O–H groups in total. The number of hydrogen-bond acceptors (Lipinski definition) is 3. The van der Waals surface area contributed by atoms with E-state index in [2.05, 4.69) is 13.0 Å². The third-order valence-corrected chi connectivity index (χ3v) is 3.79. The summed E-state index contributed by atoms with van der Waals surface area (Å²) in [4.78, 5) is 11.2. The highest BCUT2D eigenvalue weighted by Crippen LogP contribution is 2.32. The van der Waals surface area contributed by atoms with Crippen molar-refractivity contribution in [2.75, 3.05) is 6.61 Å². The lowest BCUT2D eigenvalue weighted by molar-refractivity contribution is 0.104. The molecule has 3 nitrogen and oxygen atoms in total. The summed E-state index contributed by atoms with van der Waals surface area (Å²) in [6.45, 7) is 4.33. The summed E-state index contributed by atoms with van der Waals surface area (Å²) in [6.07, 6.45) is 6.53. The highest BCUT2D eigenvalue weighted by atomic mass is 16.7. The van der Waals surface area contributed by atoms with Gasteiger partial charge in [-0.05, 0) is 55.4 Å². The molecule has 20 heavy (non-hydrogen) atoms. The van der Waals surface area contributed by atoms with Crippen LogP contribution in [0.5, 0.6) is 5.75 Å². The molecule has 0 heterocycles. The first kappa shape index (κ1) is 14.6. The van der Waals surface area contributed by atoms with Gasteiger partial charge < -0.3 is 9.47 Å². The lowest BCUT2D eigenvalue weighted by Crippen LogP contribution is -2.10. The van der Waals surface area contributed by atoms with Crippen LogP contribution in [0.15, 0.2) is 30.3 Å². The Morgan fingerprint density at radius 3 is 2.55 bits per heavy atom. The Morgan fingerprint density at radius 2 is 2.00 bits per heavy atom. The van der Waals surface area contributed by atoms with E-state index in [-0.39, 0.29) is 0 Å². The van der Waals surface area contributed by atoms with E-state index < -0.39 is 6.16 Å². The molecule has 0 fully saturated rings. The number of carbonyl (C=O) groups is 1. The van der Waals surface area contributed by atoms with Crippen molar-refractivity contribution in [3.8, 4) is 5.75 Å². The second-order valence-corrected chi connectivity index (χ2v) is 5.09. The molecule has 108 valence electrons. The number of hydrogen-bond donors (Lipinski definition) is 0. The van der Waals surface area contributed by atoms with Crippen LogP contribution in [-0.2, 0) is 4.74 Å². The van der Waals surface area contributed by atoms with Gasteiger partial charge in [0.15, 0.2) is 0 Å². The largest absolute Gasteiger partial charge is 0.513 e. The minimum Gasteiger partial charge on any atom is -0.434 e. The zero-order valence-corrected chi connectivity index (χ0v) is 12.2. The van der Waals surface area contributed by atoms with Gasteiger partial charge >= 0.3 is 6.16 Å². The molecule has 0 radical (unpaired) electrons. The van der Waals surface area contributed by atoms with Crippen molar-refractivity contribution in [2.24, 2.45) is 5.92 Å². The molecule has 3 heteroatoms. The monoisotopic (exact) mass is 274 g/mol. The normalized spacial score (nSPS) is 18.3. The number of benzene rings is 1. The molecule has 1 aliphatic rings. The van der Waals surface area contributed by atoms with Crippen LogP contribution in [0.4, 0.5) is 4.79 Å². The van der Waals surface area contributed by atoms with Gasteiger partial charge in [0, 0.05) is 0 Å². The van der Waals surface area contributed by atoms with Crippen LogP contribution in [0.3, 0.4) is 0 Å². The fourth-order valence-corrected chi connectivity index (χ4v) is 2.50. The first-order chi connectivity index (χ1) is 9.72. The highest BCUT2D eigenvalue weighted by Gasteiger charge is 2.14. The van der Waals surface area contributed by atoms with Gasteiger partial charge in [-0.15, -0.1) is 0 Å². The van der Waals surface area contributed by atoms with Crippen molar-refractivity contribution in [1.82, 2.24) is 0 Å². The Bertz CT molecular complexity index is 474. The molecular formula is C17H22O3. The fourth-order valence-electron chi connectivity index (χ4n) is 2.50. The van der Waals surface area contributed by atoms with E-state index in [0.717, 1.165) is 12.3 Å². The van der Waals surface area contributed by atoms with Crippen LogP contribution in [0.2, 0.25) is 0 Å². The van der Waals surface area contributed by atoms with E-state index in [1.54, 1.807) is 6.92 Å². The second kappa shape index (κ2) is 7.13. The minimum atomic E-state index is -0.650. The molecule has 0 bridgehead atoms. The van der Waals surface area contributed by atoms with Gasteiger partial charge in [-0.1, -0.05) is 31.6 Å². The molecule has 2 rings (SSSR count). The average molecular weight is 274 g/mol. The molecule has 0 spiro atoms. The van der Waals surface area contributed by atoms with Crippen molar-refractivity contribution in [2.45, 2.75) is 39.5 Å². The van der Waals surface area contributed by atoms with E-state index in [9.17, 15) is 4.79 Å². The van der Waals surface area contributed by atoms with Crippen molar-refractivity contribution in [1.29, 1.82) is 0 Å². The van der Waals surface area contributed by atoms with E-state index in [1.165, 1.54) is 30.4 Å². The Labute approximate surface area is 120 Å². The topological polar surface area (TPSA) is 35.5 Å². The maximum absolute atomic E-state index is 11.2. The Morgan fingerprint density at radius 1 is 1.25 bits per heavy atom. The van der Waals surface area contributed by atoms with Gasteiger partial charge in [0.1, 0.15) is 5.75 Å². The molecule has 0 amide bonds. The smallest absolute Gasteiger partial charge is 0.434 e. The van der Waals surface area contributed by atoms with E-state index >= 15 is 0 Å². The molecule has 1 aromatic carbocycles. The molecule has 1 unspecified atom stereocenters. The van der Waals surface area contributed by atoms with Gasteiger partial charge in [-0.3, -0.25) is 0 Å². The summed E-state index contributed by atoms with van der Waals surface area (Å²) in [5, 5.41) is 0. The number of carbonyl (C=O) groups excluding carboxylic acids is 1. The number of allylic oxidation sites excluding steroid dienone is 2. The number of rotatable bonds is 4. The summed E-state index contributed by atoms with van der Waals surface area (Å²) in [6, 6.07) is 7.65. The SMILES string of the molecule is CCOC(=O)Oc1ccc(C2=CCC(CC)CC2)cc1. The molecular weight excluding hydrogens is 252 g/mol. The maximum Gasteiger partial charge on any atom is 0.513 e. The van der Waals surface area contributed by atoms with Crippen LogP contribution >= 0.6 is 0 Å². The van der Waals surface area contributed by atoms with E-state index in [4.69, 9.17) is 9.47 Å². The van der Waals surface area contributed by atoms with Crippen LogP contribution in [0, 0.1) is 5.92 Å². The van der Waals surface area contributed by atoms with Crippen LogP contribution < -0.4 is 4.74 Å². The lowest BCUT2D eigenvalue weighted by Gasteiger charge is -2.20. The van der Waals surface area contributed by atoms with Crippen molar-refractivity contribution in [3.05, 3.63) is 35.9 Å². The third-order valence-electron chi connectivity index (χ3n) is 3.79. The fraction of sp³-hybridized carbons (Fsp3) is 0.471. The molecule has 1 aromatic rings. The van der Waals surface area contributed by atoms with E-state index in [1.807, 2.05) is 24.3 Å². The minimum absolute atomic E-state index is 0.322. The average Bonchev–Trinajstić information content (AvgIpc) is 2.48. The predicted molar refractivity (Wildman–Crippen MR) is 79.7 cm³/mol. The highest BCUT2D eigenvalue weighted by molar-refractivity contribution is 5.68. The first-order valence-corrected chi connectivity index (χ1v) is 7.37. The van der Waals surface area contributed by atoms with Gasteiger partial charge in [0.25, 0.3) is 0 Å². The summed E-state index contributed by atoms with van der Waals surface area (Å²) < 4.78 is 9.79. The lowest BCUT2D eigenvalue weighted by atomic mass is 9.85. The van der Waals surface area contributed by atoms with Gasteiger partial charge in [-0.25, -0.2) is 4.79 Å². The summed E-state index contributed by atoms with van der Waals surface area (Å²) in [5.41, 5.74) is 2.62. The molecule has 1 atom stereocenters. The Kier molecular flexibility index (Phi) is 5.22. The van der Waals surface area contributed by atoms with Gasteiger partial charge in [0.05, 0.1) is 6.61 Å². The molecule has 0 saturated heterocycles. The van der Waals surface area contributed by atoms with Crippen molar-refractivity contribution in [3.63, 3.8) is 0 Å². The number of ether oxygens (including phenoxy) is 2. The van der Waals surface area contributed by atoms with Crippen molar-refractivity contribution >= 4 is 11.7 Å². The van der Waals surface area contributed by atoms with Crippen LogP contribution in [-0.4, -0.2) is 12.8 Å². The maximum atomic E-state index is 11.2. The second-order valence-electron chi connectivity index (χ2n) is 5.09. The zero-order chi connectivity index (χ0) is 14.4. The Hall–Kier alpha value is -1.77. The van der Waals surface area contributed by atoms with Gasteiger partial charge in [0.2, 0.25) is 0 Å².